The van der Waals surface area contributed by atoms with Crippen LogP contribution in [-0.2, 0) is 21.3 Å². The SMILES string of the molecule is CN(C)CCOC(=O)c1ccc2c(ccn2CCC(C)(C)NC[C@@H](O)c2cccc(NS(=O)(=O)c3ccccc3)c2)c1. The molecule has 3 aromatic carbocycles. The number of aryl methyl sites for hydroxylation is 1. The number of fused-ring (bicyclic) bond motifs is 1. The molecule has 224 valence electrons. The van der Waals surface area contributed by atoms with Crippen molar-refractivity contribution in [1.29, 1.82) is 0 Å². The Morgan fingerprint density at radius 2 is 1.79 bits per heavy atom. The summed E-state index contributed by atoms with van der Waals surface area (Å²) < 4.78 is 35.5. The number of anilines is 1. The lowest BCUT2D eigenvalue weighted by molar-refractivity contribution is 0.0482. The Morgan fingerprint density at radius 3 is 2.52 bits per heavy atom. The molecular weight excluding hydrogens is 552 g/mol. The van der Waals surface area contributed by atoms with Crippen molar-refractivity contribution >= 4 is 32.6 Å². The van der Waals surface area contributed by atoms with E-state index in [1.807, 2.05) is 43.4 Å². The molecule has 1 heterocycles. The average Bonchev–Trinajstić information content (AvgIpc) is 3.37. The van der Waals surface area contributed by atoms with Crippen LogP contribution in [0, 0.1) is 0 Å². The summed E-state index contributed by atoms with van der Waals surface area (Å²) in [4.78, 5) is 14.5. The number of ether oxygens (including phenoxy) is 1. The van der Waals surface area contributed by atoms with Crippen LogP contribution in [0.5, 0.6) is 0 Å². The molecule has 0 saturated heterocycles. The van der Waals surface area contributed by atoms with Gasteiger partial charge in [0.15, 0.2) is 0 Å². The van der Waals surface area contributed by atoms with Crippen LogP contribution < -0.4 is 10.0 Å². The Bertz CT molecular complexity index is 1600. The number of carbonyl (C=O) groups is 1. The predicted octanol–water partition coefficient (Wildman–Crippen LogP) is 4.65. The van der Waals surface area contributed by atoms with E-state index in [1.54, 1.807) is 48.5 Å². The van der Waals surface area contributed by atoms with Gasteiger partial charge in [-0.1, -0.05) is 30.3 Å². The van der Waals surface area contributed by atoms with Crippen molar-refractivity contribution in [3.8, 4) is 0 Å². The number of sulfonamides is 1. The first-order chi connectivity index (χ1) is 19.9. The molecule has 0 radical (unpaired) electrons. The number of hydrogen-bond acceptors (Lipinski definition) is 7. The Kier molecular flexibility index (Phi) is 10.1. The number of rotatable bonds is 14. The number of carbonyl (C=O) groups excluding carboxylic acids is 1. The topological polar surface area (TPSA) is 113 Å². The Balaban J connectivity index is 1.31. The number of benzene rings is 3. The Morgan fingerprint density at radius 1 is 1.02 bits per heavy atom. The van der Waals surface area contributed by atoms with Crippen LogP contribution in [-0.4, -0.2) is 68.3 Å². The molecule has 0 saturated carbocycles. The van der Waals surface area contributed by atoms with Gasteiger partial charge < -0.3 is 24.6 Å². The van der Waals surface area contributed by atoms with Gasteiger partial charge in [0.2, 0.25) is 0 Å². The van der Waals surface area contributed by atoms with Crippen molar-refractivity contribution in [2.75, 3.05) is 38.5 Å². The molecule has 0 aliphatic carbocycles. The minimum Gasteiger partial charge on any atom is -0.461 e. The van der Waals surface area contributed by atoms with Gasteiger partial charge in [-0.3, -0.25) is 4.72 Å². The van der Waals surface area contributed by atoms with E-state index in [0.717, 1.165) is 23.9 Å². The number of likely N-dealkylation sites (N-methyl/N-ethyl adjacent to an activating group) is 1. The predicted molar refractivity (Wildman–Crippen MR) is 166 cm³/mol. The molecule has 0 aliphatic rings. The highest BCUT2D eigenvalue weighted by Crippen LogP contribution is 2.23. The molecule has 4 aromatic rings. The maximum absolute atomic E-state index is 12.7. The molecule has 3 N–H and O–H groups in total. The summed E-state index contributed by atoms with van der Waals surface area (Å²) in [7, 11) is 0.142. The fourth-order valence-corrected chi connectivity index (χ4v) is 5.60. The summed E-state index contributed by atoms with van der Waals surface area (Å²) in [5, 5.41) is 15.3. The summed E-state index contributed by atoms with van der Waals surface area (Å²) in [5.74, 6) is -0.325. The van der Waals surface area contributed by atoms with E-state index in [1.165, 1.54) is 12.1 Å². The van der Waals surface area contributed by atoms with E-state index < -0.39 is 16.1 Å². The van der Waals surface area contributed by atoms with Crippen molar-refractivity contribution in [3.63, 3.8) is 0 Å². The molecule has 0 unspecified atom stereocenters. The number of aliphatic hydroxyl groups excluding tert-OH is 1. The zero-order valence-electron chi connectivity index (χ0n) is 24.6. The maximum atomic E-state index is 12.7. The third kappa shape index (κ3) is 8.42. The van der Waals surface area contributed by atoms with Crippen LogP contribution in [0.15, 0.2) is 90.0 Å². The first kappa shape index (κ1) is 31.2. The van der Waals surface area contributed by atoms with Crippen LogP contribution in [0.2, 0.25) is 0 Å². The van der Waals surface area contributed by atoms with E-state index in [9.17, 15) is 18.3 Å². The molecule has 0 bridgehead atoms. The second-order valence-corrected chi connectivity index (χ2v) is 13.0. The minimum atomic E-state index is -3.72. The summed E-state index contributed by atoms with van der Waals surface area (Å²) >= 11 is 0. The van der Waals surface area contributed by atoms with Gasteiger partial charge in [0.05, 0.1) is 16.6 Å². The molecule has 42 heavy (non-hydrogen) atoms. The largest absolute Gasteiger partial charge is 0.461 e. The number of esters is 1. The van der Waals surface area contributed by atoms with Crippen molar-refractivity contribution in [1.82, 2.24) is 14.8 Å². The number of nitrogens with zero attached hydrogens (tertiary/aromatic N) is 2. The van der Waals surface area contributed by atoms with Crippen LogP contribution >= 0.6 is 0 Å². The smallest absolute Gasteiger partial charge is 0.338 e. The van der Waals surface area contributed by atoms with Gasteiger partial charge in [-0.2, -0.15) is 0 Å². The molecule has 0 aliphatic heterocycles. The molecule has 0 fully saturated rings. The second-order valence-electron chi connectivity index (χ2n) is 11.3. The summed E-state index contributed by atoms with van der Waals surface area (Å²) in [6, 6.07) is 22.6. The zero-order chi connectivity index (χ0) is 30.3. The Hall–Kier alpha value is -3.70. The molecular formula is C32H40N4O5S. The summed E-state index contributed by atoms with van der Waals surface area (Å²) in [5.41, 5.74) is 2.27. The van der Waals surface area contributed by atoms with E-state index >= 15 is 0 Å². The summed E-state index contributed by atoms with van der Waals surface area (Å²) in [6.07, 6.45) is 1.97. The first-order valence-corrected chi connectivity index (χ1v) is 15.4. The van der Waals surface area contributed by atoms with Gasteiger partial charge in [-0.15, -0.1) is 0 Å². The fraction of sp³-hybridized carbons (Fsp3) is 0.344. The van der Waals surface area contributed by atoms with Crippen LogP contribution in [0.25, 0.3) is 10.9 Å². The van der Waals surface area contributed by atoms with Crippen LogP contribution in [0.3, 0.4) is 0 Å². The van der Waals surface area contributed by atoms with Crippen molar-refractivity contribution in [3.05, 3.63) is 96.2 Å². The highest BCUT2D eigenvalue weighted by atomic mass is 32.2. The Labute approximate surface area is 248 Å². The zero-order valence-corrected chi connectivity index (χ0v) is 25.4. The molecule has 0 spiro atoms. The van der Waals surface area contributed by atoms with Gasteiger partial charge >= 0.3 is 5.97 Å². The van der Waals surface area contributed by atoms with E-state index in [2.05, 4.69) is 28.5 Å². The van der Waals surface area contributed by atoms with E-state index in [-0.39, 0.29) is 16.4 Å². The number of aliphatic hydroxyl groups is 1. The van der Waals surface area contributed by atoms with Crippen LogP contribution in [0.1, 0.15) is 42.3 Å². The van der Waals surface area contributed by atoms with Crippen LogP contribution in [0.4, 0.5) is 5.69 Å². The molecule has 1 aromatic heterocycles. The number of nitrogens with one attached hydrogen (secondary N) is 2. The third-order valence-corrected chi connectivity index (χ3v) is 8.50. The van der Waals surface area contributed by atoms with Crippen molar-refractivity contribution in [2.24, 2.45) is 0 Å². The summed E-state index contributed by atoms with van der Waals surface area (Å²) in [6.45, 7) is 6.22. The quantitative estimate of drug-likeness (QED) is 0.183. The highest BCUT2D eigenvalue weighted by molar-refractivity contribution is 7.92. The number of aromatic nitrogens is 1. The van der Waals surface area contributed by atoms with Gasteiger partial charge in [-0.25, -0.2) is 13.2 Å². The van der Waals surface area contributed by atoms with Crippen molar-refractivity contribution in [2.45, 2.75) is 43.4 Å². The molecule has 1 atom stereocenters. The molecule has 10 heteroatoms. The fourth-order valence-electron chi connectivity index (χ4n) is 4.53. The lowest BCUT2D eigenvalue weighted by Crippen LogP contribution is -2.42. The second kappa shape index (κ2) is 13.5. The standard InChI is InChI=1S/C32H40N4O5S/c1-32(2,16-18-36-17-15-24-21-26(13-14-29(24)36)31(38)41-20-19-35(3)4)33-23-30(37)25-9-8-10-27(22-25)34-42(39,40)28-11-6-5-7-12-28/h5-15,17,21-22,30,33-34,37H,16,18-20,23H2,1-4H3/t30-/m1/s1. The van der Waals surface area contributed by atoms with E-state index in [4.69, 9.17) is 4.74 Å². The first-order valence-electron chi connectivity index (χ1n) is 14.0. The molecule has 0 amide bonds. The van der Waals surface area contributed by atoms with Gasteiger partial charge in [0.1, 0.15) is 6.61 Å². The average molecular weight is 593 g/mol. The molecule has 4 rings (SSSR count). The third-order valence-electron chi connectivity index (χ3n) is 7.11. The van der Waals surface area contributed by atoms with Gasteiger partial charge in [0, 0.05) is 48.0 Å². The normalized spacial score (nSPS) is 12.9. The lowest BCUT2D eigenvalue weighted by atomic mass is 9.99. The maximum Gasteiger partial charge on any atom is 0.338 e. The van der Waals surface area contributed by atoms with E-state index in [0.29, 0.717) is 36.5 Å². The monoisotopic (exact) mass is 592 g/mol. The van der Waals surface area contributed by atoms with Crippen molar-refractivity contribution < 1.29 is 23.1 Å². The van der Waals surface area contributed by atoms with Gasteiger partial charge in [0.25, 0.3) is 10.0 Å². The molecule has 9 nitrogen and oxygen atoms in total. The highest BCUT2D eigenvalue weighted by Gasteiger charge is 2.21. The number of hydrogen-bond donors (Lipinski definition) is 3. The number of β-amino-alcohol motifs (C(OH)–C–C–N with tert-alkyl or cyclic N) is 1. The lowest BCUT2D eigenvalue weighted by Gasteiger charge is -2.28. The van der Waals surface area contributed by atoms with Gasteiger partial charge in [-0.05, 0) is 88.5 Å². The minimum absolute atomic E-state index is 0.174.